The molecule has 2 heterocycles. The van der Waals surface area contributed by atoms with Gasteiger partial charge in [-0.3, -0.25) is 0 Å². The van der Waals surface area contributed by atoms with E-state index in [1.165, 1.54) is 49.5 Å². The summed E-state index contributed by atoms with van der Waals surface area (Å²) in [6, 6.07) is 45.4. The van der Waals surface area contributed by atoms with Gasteiger partial charge in [0.25, 0.3) is 0 Å². The third kappa shape index (κ3) is 2.76. The molecule has 0 unspecified atom stereocenters. The molecule has 0 aliphatic carbocycles. The summed E-state index contributed by atoms with van der Waals surface area (Å²) in [7, 11) is 0. The minimum Gasteiger partial charge on any atom is -0.314 e. The van der Waals surface area contributed by atoms with Gasteiger partial charge in [-0.25, -0.2) is 0 Å². The number of aromatic nitrogens is 2. The second-order valence-electron chi connectivity index (χ2n) is 8.66. The van der Waals surface area contributed by atoms with Crippen molar-refractivity contribution in [2.75, 3.05) is 0 Å². The molecule has 7 rings (SSSR count). The fraction of sp³-hybridized carbons (Fsp3) is 0. The van der Waals surface area contributed by atoms with Gasteiger partial charge in [0.15, 0.2) is 0 Å². The van der Waals surface area contributed by atoms with Gasteiger partial charge in [0.2, 0.25) is 0 Å². The Morgan fingerprint density at radius 1 is 0.441 bits per heavy atom. The molecule has 0 aliphatic rings. The van der Waals surface area contributed by atoms with E-state index < -0.39 is 0 Å². The summed E-state index contributed by atoms with van der Waals surface area (Å²) in [6.07, 6.45) is 2.28. The maximum atomic E-state index is 2.42. The van der Waals surface area contributed by atoms with E-state index in [9.17, 15) is 0 Å². The van der Waals surface area contributed by atoms with Crippen molar-refractivity contribution in [1.29, 1.82) is 0 Å². The van der Waals surface area contributed by atoms with Gasteiger partial charge in [-0.15, -0.1) is 0 Å². The van der Waals surface area contributed by atoms with Crippen LogP contribution in [0.15, 0.2) is 134 Å². The lowest BCUT2D eigenvalue weighted by Gasteiger charge is -2.13. The Labute approximate surface area is 197 Å². The highest BCUT2D eigenvalue weighted by molar-refractivity contribution is 6.11. The molecule has 2 aromatic heterocycles. The normalized spacial score (nSPS) is 11.5. The number of para-hydroxylation sites is 4. The van der Waals surface area contributed by atoms with E-state index in [-0.39, 0.29) is 0 Å². The van der Waals surface area contributed by atoms with E-state index >= 15 is 0 Å². The van der Waals surface area contributed by atoms with Crippen molar-refractivity contribution >= 4 is 32.7 Å². The molecule has 0 fully saturated rings. The number of rotatable bonds is 3. The van der Waals surface area contributed by atoms with Crippen LogP contribution in [-0.2, 0) is 0 Å². The van der Waals surface area contributed by atoms with E-state index in [1.807, 2.05) is 0 Å². The Hall–Kier alpha value is -4.56. The first kappa shape index (κ1) is 19.0. The summed E-state index contributed by atoms with van der Waals surface area (Å²) in [5.41, 5.74) is 8.45. The molecule has 0 saturated carbocycles. The zero-order valence-electron chi connectivity index (χ0n) is 18.6. The van der Waals surface area contributed by atoms with E-state index in [1.54, 1.807) is 0 Å². The molecule has 5 aromatic carbocycles. The Morgan fingerprint density at radius 2 is 1.00 bits per heavy atom. The van der Waals surface area contributed by atoms with Crippen LogP contribution in [0.1, 0.15) is 0 Å². The van der Waals surface area contributed by atoms with Crippen LogP contribution in [0.2, 0.25) is 0 Å². The van der Waals surface area contributed by atoms with Gasteiger partial charge in [-0.1, -0.05) is 97.1 Å². The van der Waals surface area contributed by atoms with Crippen LogP contribution in [0.3, 0.4) is 0 Å². The fourth-order valence-electron chi connectivity index (χ4n) is 5.27. The SMILES string of the molecule is c1ccc(-c2cn(-c3ccccc3)c3c(-n4c5ccccc5c5ccccc54)cccc23)cc1. The summed E-state index contributed by atoms with van der Waals surface area (Å²) < 4.78 is 4.76. The maximum Gasteiger partial charge on any atom is 0.0777 e. The third-order valence-corrected chi connectivity index (χ3v) is 6.74. The first-order valence-electron chi connectivity index (χ1n) is 11.6. The third-order valence-electron chi connectivity index (χ3n) is 6.74. The minimum atomic E-state index is 1.16. The van der Waals surface area contributed by atoms with E-state index in [4.69, 9.17) is 0 Å². The van der Waals surface area contributed by atoms with Gasteiger partial charge in [-0.05, 0) is 35.9 Å². The number of benzene rings is 5. The van der Waals surface area contributed by atoms with Gasteiger partial charge in [0, 0.05) is 33.6 Å². The first-order valence-corrected chi connectivity index (χ1v) is 11.6. The highest BCUT2D eigenvalue weighted by Gasteiger charge is 2.19. The summed E-state index contributed by atoms with van der Waals surface area (Å²) in [5.74, 6) is 0. The van der Waals surface area contributed by atoms with Crippen LogP contribution < -0.4 is 0 Å². The van der Waals surface area contributed by atoms with Crippen molar-refractivity contribution in [3.8, 4) is 22.5 Å². The van der Waals surface area contributed by atoms with Crippen LogP contribution >= 0.6 is 0 Å². The van der Waals surface area contributed by atoms with Gasteiger partial charge in [0.1, 0.15) is 0 Å². The lowest BCUT2D eigenvalue weighted by molar-refractivity contribution is 1.10. The minimum absolute atomic E-state index is 1.16. The second kappa shape index (κ2) is 7.50. The smallest absolute Gasteiger partial charge is 0.0777 e. The molecule has 0 radical (unpaired) electrons. The van der Waals surface area contributed by atoms with Gasteiger partial charge < -0.3 is 9.13 Å². The molecular weight excluding hydrogens is 412 g/mol. The molecule has 0 amide bonds. The predicted molar refractivity (Wildman–Crippen MR) is 143 cm³/mol. The predicted octanol–water partition coefficient (Wildman–Crippen LogP) is 8.39. The van der Waals surface area contributed by atoms with Gasteiger partial charge >= 0.3 is 0 Å². The lowest BCUT2D eigenvalue weighted by atomic mass is 10.0. The molecule has 0 aliphatic heterocycles. The topological polar surface area (TPSA) is 9.86 Å². The molecule has 34 heavy (non-hydrogen) atoms. The van der Waals surface area contributed by atoms with Crippen LogP contribution in [0, 0.1) is 0 Å². The van der Waals surface area contributed by atoms with Crippen LogP contribution in [0.5, 0.6) is 0 Å². The Balaban J connectivity index is 1.65. The van der Waals surface area contributed by atoms with E-state index in [0.717, 1.165) is 5.69 Å². The molecule has 0 N–H and O–H groups in total. The first-order chi connectivity index (χ1) is 16.9. The monoisotopic (exact) mass is 434 g/mol. The number of hydrogen-bond acceptors (Lipinski definition) is 0. The quantitative estimate of drug-likeness (QED) is 0.264. The zero-order valence-corrected chi connectivity index (χ0v) is 18.6. The largest absolute Gasteiger partial charge is 0.314 e. The molecule has 160 valence electrons. The molecule has 7 aromatic rings. The second-order valence-corrected chi connectivity index (χ2v) is 8.66. The molecule has 0 bridgehead atoms. The van der Waals surface area contributed by atoms with Crippen LogP contribution in [0.4, 0.5) is 0 Å². The number of nitrogens with zero attached hydrogens (tertiary/aromatic N) is 2. The Morgan fingerprint density at radius 3 is 1.68 bits per heavy atom. The van der Waals surface area contributed by atoms with Crippen LogP contribution in [0.25, 0.3) is 55.2 Å². The maximum absolute atomic E-state index is 2.42. The number of fused-ring (bicyclic) bond motifs is 4. The van der Waals surface area contributed by atoms with E-state index in [2.05, 4.69) is 143 Å². The highest BCUT2D eigenvalue weighted by Crippen LogP contribution is 2.39. The number of hydrogen-bond donors (Lipinski definition) is 0. The summed E-state index contributed by atoms with van der Waals surface area (Å²) >= 11 is 0. The molecule has 2 heteroatoms. The van der Waals surface area contributed by atoms with Gasteiger partial charge in [-0.2, -0.15) is 0 Å². The Bertz CT molecular complexity index is 1730. The summed E-state index contributed by atoms with van der Waals surface area (Å²) in [5, 5.41) is 3.79. The summed E-state index contributed by atoms with van der Waals surface area (Å²) in [6.45, 7) is 0. The van der Waals surface area contributed by atoms with Crippen molar-refractivity contribution < 1.29 is 0 Å². The van der Waals surface area contributed by atoms with Crippen molar-refractivity contribution in [2.45, 2.75) is 0 Å². The summed E-state index contributed by atoms with van der Waals surface area (Å²) in [4.78, 5) is 0. The zero-order chi connectivity index (χ0) is 22.5. The lowest BCUT2D eigenvalue weighted by Crippen LogP contribution is -1.99. The van der Waals surface area contributed by atoms with Crippen molar-refractivity contribution in [1.82, 2.24) is 9.13 Å². The Kier molecular flexibility index (Phi) is 4.18. The standard InChI is InChI=1S/C32H22N2/c1-3-12-23(13-4-1)28-22-33(24-14-5-2-6-15-24)32-27(28)18-11-21-31(32)34-29-19-9-7-16-25(29)26-17-8-10-20-30(26)34/h1-22H. The molecule has 2 nitrogen and oxygen atoms in total. The molecular formula is C32H22N2. The molecule has 0 spiro atoms. The van der Waals surface area contributed by atoms with Crippen molar-refractivity contribution in [3.63, 3.8) is 0 Å². The average Bonchev–Trinajstić information content (AvgIpc) is 3.46. The highest BCUT2D eigenvalue weighted by atomic mass is 15.0. The van der Waals surface area contributed by atoms with Crippen molar-refractivity contribution in [2.24, 2.45) is 0 Å². The fourth-order valence-corrected chi connectivity index (χ4v) is 5.27. The van der Waals surface area contributed by atoms with Crippen molar-refractivity contribution in [3.05, 3.63) is 134 Å². The van der Waals surface area contributed by atoms with Crippen LogP contribution in [-0.4, -0.2) is 9.13 Å². The molecule has 0 atom stereocenters. The average molecular weight is 435 g/mol. The van der Waals surface area contributed by atoms with E-state index in [0.29, 0.717) is 0 Å². The molecule has 0 saturated heterocycles. The van der Waals surface area contributed by atoms with Gasteiger partial charge in [0.05, 0.1) is 22.2 Å².